The SMILES string of the molecule is O=C(CCCc1cn[nH]c1)N1CCC2(CC1)CC(Cn1ccnc1)OC2=O. The Balaban J connectivity index is 1.25. The molecule has 0 saturated carbocycles. The number of imidazole rings is 1. The summed E-state index contributed by atoms with van der Waals surface area (Å²) in [6, 6.07) is 0. The van der Waals surface area contributed by atoms with Crippen LogP contribution in [0.4, 0.5) is 0 Å². The first-order chi connectivity index (χ1) is 13.1. The summed E-state index contributed by atoms with van der Waals surface area (Å²) in [5.41, 5.74) is 0.705. The highest BCUT2D eigenvalue weighted by molar-refractivity contribution is 5.80. The summed E-state index contributed by atoms with van der Waals surface area (Å²) in [4.78, 5) is 30.9. The zero-order valence-corrected chi connectivity index (χ0v) is 15.3. The topological polar surface area (TPSA) is 93.1 Å². The molecule has 0 bridgehead atoms. The summed E-state index contributed by atoms with van der Waals surface area (Å²) in [5.74, 6) is 0.0781. The first-order valence-corrected chi connectivity index (χ1v) is 9.57. The molecule has 1 spiro atoms. The second kappa shape index (κ2) is 7.54. The maximum atomic E-state index is 12.5. The van der Waals surface area contributed by atoms with Gasteiger partial charge in [-0.25, -0.2) is 4.98 Å². The van der Waals surface area contributed by atoms with Gasteiger partial charge in [-0.1, -0.05) is 0 Å². The van der Waals surface area contributed by atoms with Gasteiger partial charge in [0.1, 0.15) is 6.10 Å². The molecule has 2 aliphatic heterocycles. The number of nitrogens with zero attached hydrogens (tertiary/aromatic N) is 4. The van der Waals surface area contributed by atoms with Gasteiger partial charge in [0.05, 0.1) is 24.5 Å². The molecule has 27 heavy (non-hydrogen) atoms. The number of ether oxygens (including phenoxy) is 1. The predicted octanol–water partition coefficient (Wildman–Crippen LogP) is 1.55. The molecule has 4 heterocycles. The van der Waals surface area contributed by atoms with Gasteiger partial charge in [-0.15, -0.1) is 0 Å². The lowest BCUT2D eigenvalue weighted by Gasteiger charge is -2.36. The van der Waals surface area contributed by atoms with Crippen LogP contribution in [0.3, 0.4) is 0 Å². The molecule has 4 rings (SSSR count). The number of hydrogen-bond donors (Lipinski definition) is 1. The highest BCUT2D eigenvalue weighted by Crippen LogP contribution is 2.43. The number of H-pyrrole nitrogens is 1. The lowest BCUT2D eigenvalue weighted by atomic mass is 9.76. The standard InChI is InChI=1S/C19H25N5O3/c25-17(3-1-2-15-11-21-22-12-15)24-7-4-19(5-8-24)10-16(27-18(19)26)13-23-9-6-20-14-23/h6,9,11-12,14,16H,1-5,7-8,10,13H2,(H,21,22). The third kappa shape index (κ3) is 3.89. The van der Waals surface area contributed by atoms with Crippen molar-refractivity contribution in [2.75, 3.05) is 13.1 Å². The number of aromatic nitrogens is 4. The Hall–Kier alpha value is -2.64. The van der Waals surface area contributed by atoms with Crippen molar-refractivity contribution in [1.82, 2.24) is 24.6 Å². The van der Waals surface area contributed by atoms with Crippen molar-refractivity contribution in [3.63, 3.8) is 0 Å². The van der Waals surface area contributed by atoms with Crippen molar-refractivity contribution in [3.05, 3.63) is 36.7 Å². The highest BCUT2D eigenvalue weighted by Gasteiger charge is 2.50. The number of aryl methyl sites for hydroxylation is 1. The van der Waals surface area contributed by atoms with E-state index in [0.29, 0.717) is 38.9 Å². The molecule has 0 radical (unpaired) electrons. The molecule has 0 aliphatic carbocycles. The third-order valence-corrected chi connectivity index (χ3v) is 5.78. The van der Waals surface area contributed by atoms with Crippen LogP contribution in [0.15, 0.2) is 31.1 Å². The fourth-order valence-electron chi connectivity index (χ4n) is 4.18. The van der Waals surface area contributed by atoms with E-state index in [9.17, 15) is 9.59 Å². The minimum atomic E-state index is -0.418. The van der Waals surface area contributed by atoms with Crippen molar-refractivity contribution in [1.29, 1.82) is 0 Å². The van der Waals surface area contributed by atoms with Gasteiger partial charge in [0.15, 0.2) is 0 Å². The minimum absolute atomic E-state index is 0.0975. The summed E-state index contributed by atoms with van der Waals surface area (Å²) in [6.45, 7) is 1.92. The van der Waals surface area contributed by atoms with Gasteiger partial charge in [0.2, 0.25) is 5.91 Å². The van der Waals surface area contributed by atoms with Crippen molar-refractivity contribution < 1.29 is 14.3 Å². The average Bonchev–Trinajstić information content (AvgIpc) is 3.40. The van der Waals surface area contributed by atoms with E-state index in [4.69, 9.17) is 4.74 Å². The van der Waals surface area contributed by atoms with Crippen LogP contribution >= 0.6 is 0 Å². The largest absolute Gasteiger partial charge is 0.460 e. The van der Waals surface area contributed by atoms with Crippen LogP contribution in [0, 0.1) is 5.41 Å². The lowest BCUT2D eigenvalue weighted by molar-refractivity contribution is -0.152. The summed E-state index contributed by atoms with van der Waals surface area (Å²) in [7, 11) is 0. The van der Waals surface area contributed by atoms with E-state index in [-0.39, 0.29) is 18.0 Å². The summed E-state index contributed by atoms with van der Waals surface area (Å²) in [6.07, 6.45) is 13.2. The number of piperidine rings is 1. The molecule has 8 nitrogen and oxygen atoms in total. The molecule has 2 saturated heterocycles. The van der Waals surface area contributed by atoms with Gasteiger partial charge in [-0.3, -0.25) is 14.7 Å². The molecule has 2 aromatic heterocycles. The average molecular weight is 371 g/mol. The second-order valence-corrected chi connectivity index (χ2v) is 7.61. The number of rotatable bonds is 6. The molecular formula is C19H25N5O3. The molecule has 1 unspecified atom stereocenters. The molecule has 1 amide bonds. The summed E-state index contributed by atoms with van der Waals surface area (Å²) >= 11 is 0. The van der Waals surface area contributed by atoms with Gasteiger partial charge in [0, 0.05) is 44.5 Å². The normalized spacial score (nSPS) is 21.6. The van der Waals surface area contributed by atoms with Crippen molar-refractivity contribution in [3.8, 4) is 0 Å². The molecule has 0 aromatic carbocycles. The molecule has 1 N–H and O–H groups in total. The van der Waals surface area contributed by atoms with Gasteiger partial charge < -0.3 is 14.2 Å². The number of hydrogen-bond acceptors (Lipinski definition) is 5. The van der Waals surface area contributed by atoms with Crippen LogP contribution < -0.4 is 0 Å². The molecule has 8 heteroatoms. The van der Waals surface area contributed by atoms with E-state index < -0.39 is 5.41 Å². The zero-order chi connectivity index (χ0) is 18.7. The Morgan fingerprint density at radius 3 is 2.93 bits per heavy atom. The highest BCUT2D eigenvalue weighted by atomic mass is 16.6. The number of esters is 1. The Labute approximate surface area is 157 Å². The number of aromatic amines is 1. The lowest BCUT2D eigenvalue weighted by Crippen LogP contribution is -2.45. The predicted molar refractivity (Wildman–Crippen MR) is 96.5 cm³/mol. The molecule has 1 atom stereocenters. The van der Waals surface area contributed by atoms with Gasteiger partial charge >= 0.3 is 5.97 Å². The zero-order valence-electron chi connectivity index (χ0n) is 15.3. The fourth-order valence-corrected chi connectivity index (χ4v) is 4.18. The van der Waals surface area contributed by atoms with Gasteiger partial charge in [-0.05, 0) is 31.2 Å². The number of amides is 1. The van der Waals surface area contributed by atoms with Crippen molar-refractivity contribution in [2.24, 2.45) is 5.41 Å². The van der Waals surface area contributed by atoms with E-state index in [2.05, 4.69) is 15.2 Å². The second-order valence-electron chi connectivity index (χ2n) is 7.61. The van der Waals surface area contributed by atoms with Crippen LogP contribution in [0.2, 0.25) is 0 Å². The molecule has 2 aromatic rings. The molecule has 2 fully saturated rings. The van der Waals surface area contributed by atoms with Crippen LogP contribution in [0.5, 0.6) is 0 Å². The summed E-state index contributed by atoms with van der Waals surface area (Å²) in [5, 5.41) is 6.70. The minimum Gasteiger partial charge on any atom is -0.460 e. The van der Waals surface area contributed by atoms with Crippen molar-refractivity contribution in [2.45, 2.75) is 51.2 Å². The first kappa shape index (κ1) is 17.8. The molecule has 144 valence electrons. The van der Waals surface area contributed by atoms with Crippen molar-refractivity contribution >= 4 is 11.9 Å². The Morgan fingerprint density at radius 1 is 1.37 bits per heavy atom. The van der Waals surface area contributed by atoms with E-state index in [1.165, 1.54) is 0 Å². The Bertz CT molecular complexity index is 763. The quantitative estimate of drug-likeness (QED) is 0.778. The number of cyclic esters (lactones) is 1. The molecule has 2 aliphatic rings. The third-order valence-electron chi connectivity index (χ3n) is 5.78. The first-order valence-electron chi connectivity index (χ1n) is 9.57. The Kier molecular flexibility index (Phi) is 4.96. The van der Waals surface area contributed by atoms with Gasteiger partial charge in [-0.2, -0.15) is 5.10 Å². The van der Waals surface area contributed by atoms with Crippen LogP contribution in [-0.4, -0.2) is 55.7 Å². The summed E-state index contributed by atoms with van der Waals surface area (Å²) < 4.78 is 7.57. The van der Waals surface area contributed by atoms with E-state index in [0.717, 1.165) is 24.8 Å². The van der Waals surface area contributed by atoms with Crippen LogP contribution in [0.25, 0.3) is 0 Å². The maximum Gasteiger partial charge on any atom is 0.312 e. The van der Waals surface area contributed by atoms with E-state index in [1.807, 2.05) is 21.9 Å². The maximum absolute atomic E-state index is 12.5. The van der Waals surface area contributed by atoms with Crippen LogP contribution in [-0.2, 0) is 27.3 Å². The smallest absolute Gasteiger partial charge is 0.312 e. The van der Waals surface area contributed by atoms with E-state index >= 15 is 0 Å². The molecular weight excluding hydrogens is 346 g/mol. The van der Waals surface area contributed by atoms with E-state index in [1.54, 1.807) is 18.7 Å². The number of carbonyl (C=O) groups excluding carboxylic acids is 2. The monoisotopic (exact) mass is 371 g/mol. The number of carbonyl (C=O) groups is 2. The number of nitrogens with one attached hydrogen (secondary N) is 1. The van der Waals surface area contributed by atoms with Crippen LogP contribution in [0.1, 0.15) is 37.7 Å². The number of likely N-dealkylation sites (tertiary alicyclic amines) is 1. The fraction of sp³-hybridized carbons (Fsp3) is 0.579. The van der Waals surface area contributed by atoms with Gasteiger partial charge in [0.25, 0.3) is 0 Å². The Morgan fingerprint density at radius 2 is 2.22 bits per heavy atom.